The lowest BCUT2D eigenvalue weighted by Crippen LogP contribution is -2.06. The first kappa shape index (κ1) is 19.9. The molecule has 6 nitrogen and oxygen atoms in total. The number of halogens is 1. The molecule has 1 N–H and O–H groups in total. The molecule has 0 aliphatic rings. The molecule has 0 aliphatic carbocycles. The molecular formula is C19H23BrN2O4. The molecule has 0 heterocycles. The summed E-state index contributed by atoms with van der Waals surface area (Å²) in [6.45, 7) is 3.06. The molecule has 0 aliphatic heterocycles. The molecule has 0 fully saturated rings. The molecule has 140 valence electrons. The first-order valence-electron chi connectivity index (χ1n) is 8.10. The monoisotopic (exact) mass is 422 g/mol. The molecule has 0 saturated heterocycles. The first-order chi connectivity index (χ1) is 12.6. The van der Waals surface area contributed by atoms with Crippen molar-refractivity contribution < 1.29 is 18.9 Å². The van der Waals surface area contributed by atoms with Gasteiger partial charge in [-0.15, -0.1) is 0 Å². The molecule has 0 aromatic heterocycles. The lowest BCUT2D eigenvalue weighted by Gasteiger charge is -2.12. The summed E-state index contributed by atoms with van der Waals surface area (Å²) >= 11 is 3.50. The van der Waals surface area contributed by atoms with E-state index >= 15 is 0 Å². The van der Waals surface area contributed by atoms with Crippen LogP contribution in [0.2, 0.25) is 0 Å². The van der Waals surface area contributed by atoms with Crippen molar-refractivity contribution in [3.8, 4) is 23.0 Å². The Morgan fingerprint density at radius 2 is 1.73 bits per heavy atom. The molecule has 2 rings (SSSR count). The molecule has 0 bridgehead atoms. The van der Waals surface area contributed by atoms with Crippen LogP contribution in [0.3, 0.4) is 0 Å². The predicted octanol–water partition coefficient (Wildman–Crippen LogP) is 4.00. The molecule has 0 saturated carbocycles. The minimum absolute atomic E-state index is 0.562. The van der Waals surface area contributed by atoms with Crippen molar-refractivity contribution in [2.75, 3.05) is 27.9 Å². The van der Waals surface area contributed by atoms with Gasteiger partial charge in [-0.25, -0.2) is 0 Å². The highest BCUT2D eigenvalue weighted by Gasteiger charge is 2.10. The van der Waals surface area contributed by atoms with E-state index in [1.807, 2.05) is 37.3 Å². The molecule has 2 aromatic carbocycles. The lowest BCUT2D eigenvalue weighted by molar-refractivity contribution is 0.309. The van der Waals surface area contributed by atoms with E-state index in [2.05, 4.69) is 26.5 Å². The van der Waals surface area contributed by atoms with Crippen LogP contribution in [-0.4, -0.2) is 34.2 Å². The summed E-state index contributed by atoms with van der Waals surface area (Å²) in [5.41, 5.74) is 4.94. The van der Waals surface area contributed by atoms with E-state index in [-0.39, 0.29) is 0 Å². The number of hydrogen-bond donors (Lipinski definition) is 1. The van der Waals surface area contributed by atoms with Crippen LogP contribution in [0.1, 0.15) is 18.1 Å². The topological polar surface area (TPSA) is 61.3 Å². The third kappa shape index (κ3) is 5.05. The van der Waals surface area contributed by atoms with Gasteiger partial charge >= 0.3 is 0 Å². The summed E-state index contributed by atoms with van der Waals surface area (Å²) in [5.74, 6) is 2.73. The van der Waals surface area contributed by atoms with E-state index in [0.29, 0.717) is 36.1 Å². The Morgan fingerprint density at radius 1 is 1.00 bits per heavy atom. The van der Waals surface area contributed by atoms with Gasteiger partial charge in [0, 0.05) is 0 Å². The molecule has 0 unspecified atom stereocenters. The Balaban J connectivity index is 2.03. The maximum atomic E-state index is 5.58. The van der Waals surface area contributed by atoms with Gasteiger partial charge in [0.1, 0.15) is 0 Å². The zero-order valence-corrected chi connectivity index (χ0v) is 16.9. The maximum Gasteiger partial charge on any atom is 0.175 e. The van der Waals surface area contributed by atoms with Gasteiger partial charge in [0.25, 0.3) is 0 Å². The summed E-state index contributed by atoms with van der Waals surface area (Å²) in [7, 11) is 4.84. The SMILES string of the molecule is CCOc1c(Br)cc(/C=N/NCc2ccc(OC)c(OC)c2)cc1OC. The van der Waals surface area contributed by atoms with Crippen molar-refractivity contribution in [1.82, 2.24) is 5.43 Å². The highest BCUT2D eigenvalue weighted by atomic mass is 79.9. The van der Waals surface area contributed by atoms with Crippen molar-refractivity contribution in [3.63, 3.8) is 0 Å². The fourth-order valence-corrected chi connectivity index (χ4v) is 2.92. The first-order valence-corrected chi connectivity index (χ1v) is 8.89. The summed E-state index contributed by atoms with van der Waals surface area (Å²) < 4.78 is 22.3. The van der Waals surface area contributed by atoms with Gasteiger partial charge in [-0.05, 0) is 58.2 Å². The summed E-state index contributed by atoms with van der Waals surface area (Å²) in [5, 5.41) is 4.26. The van der Waals surface area contributed by atoms with Crippen LogP contribution >= 0.6 is 15.9 Å². The number of nitrogens with one attached hydrogen (secondary N) is 1. The summed E-state index contributed by atoms with van der Waals surface area (Å²) in [6, 6.07) is 9.54. The molecule has 0 spiro atoms. The molecule has 2 aromatic rings. The third-order valence-electron chi connectivity index (χ3n) is 3.58. The van der Waals surface area contributed by atoms with Crippen molar-refractivity contribution >= 4 is 22.1 Å². The van der Waals surface area contributed by atoms with Gasteiger partial charge in [-0.3, -0.25) is 0 Å². The minimum atomic E-state index is 0.562. The van der Waals surface area contributed by atoms with Crippen molar-refractivity contribution in [1.29, 1.82) is 0 Å². The fourth-order valence-electron chi connectivity index (χ4n) is 2.35. The lowest BCUT2D eigenvalue weighted by atomic mass is 10.2. The molecule has 0 radical (unpaired) electrons. The van der Waals surface area contributed by atoms with Crippen LogP contribution in [0.25, 0.3) is 0 Å². The standard InChI is InChI=1S/C19H23BrN2O4/c1-5-26-19-15(20)8-14(10-18(19)25-4)12-22-21-11-13-6-7-16(23-2)17(9-13)24-3/h6-10,12,21H,5,11H2,1-4H3/b22-12+. The van der Waals surface area contributed by atoms with Gasteiger partial charge in [0.05, 0.1) is 45.2 Å². The number of rotatable bonds is 9. The minimum Gasteiger partial charge on any atom is -0.493 e. The number of hydrazone groups is 1. The van der Waals surface area contributed by atoms with Crippen LogP contribution in [0.5, 0.6) is 23.0 Å². The van der Waals surface area contributed by atoms with E-state index in [9.17, 15) is 0 Å². The fraction of sp³-hybridized carbons (Fsp3) is 0.316. The maximum absolute atomic E-state index is 5.58. The van der Waals surface area contributed by atoms with Crippen molar-refractivity contribution in [2.45, 2.75) is 13.5 Å². The van der Waals surface area contributed by atoms with Crippen molar-refractivity contribution in [2.24, 2.45) is 5.10 Å². The number of methoxy groups -OCH3 is 3. The number of nitrogens with zero attached hydrogens (tertiary/aromatic N) is 1. The van der Waals surface area contributed by atoms with Gasteiger partial charge in [-0.1, -0.05) is 6.07 Å². The van der Waals surface area contributed by atoms with Gasteiger partial charge in [0.15, 0.2) is 23.0 Å². The van der Waals surface area contributed by atoms with E-state index in [4.69, 9.17) is 18.9 Å². The molecule has 7 heteroatoms. The second kappa shape index (κ2) is 9.91. The third-order valence-corrected chi connectivity index (χ3v) is 4.17. The second-order valence-corrected chi connectivity index (χ2v) is 6.10. The summed E-state index contributed by atoms with van der Waals surface area (Å²) in [6.07, 6.45) is 1.73. The zero-order valence-electron chi connectivity index (χ0n) is 15.3. The van der Waals surface area contributed by atoms with Gasteiger partial charge in [-0.2, -0.15) is 5.10 Å². The Morgan fingerprint density at radius 3 is 2.38 bits per heavy atom. The average Bonchev–Trinajstić information content (AvgIpc) is 2.66. The number of ether oxygens (including phenoxy) is 4. The number of benzene rings is 2. The van der Waals surface area contributed by atoms with Crippen LogP contribution in [0.4, 0.5) is 0 Å². The van der Waals surface area contributed by atoms with Gasteiger partial charge in [0.2, 0.25) is 0 Å². The van der Waals surface area contributed by atoms with E-state index in [1.165, 1.54) is 0 Å². The Bertz CT molecular complexity index is 765. The predicted molar refractivity (Wildman–Crippen MR) is 106 cm³/mol. The Labute approximate surface area is 162 Å². The van der Waals surface area contributed by atoms with Crippen LogP contribution in [-0.2, 0) is 6.54 Å². The van der Waals surface area contributed by atoms with Crippen LogP contribution in [0.15, 0.2) is 39.9 Å². The molecule has 0 amide bonds. The van der Waals surface area contributed by atoms with Gasteiger partial charge < -0.3 is 24.4 Å². The van der Waals surface area contributed by atoms with Crippen LogP contribution < -0.4 is 24.4 Å². The zero-order chi connectivity index (χ0) is 18.9. The number of hydrogen-bond acceptors (Lipinski definition) is 6. The molecular weight excluding hydrogens is 400 g/mol. The molecule has 0 atom stereocenters. The van der Waals surface area contributed by atoms with Crippen LogP contribution in [0, 0.1) is 0 Å². The highest BCUT2D eigenvalue weighted by molar-refractivity contribution is 9.10. The van der Waals surface area contributed by atoms with E-state index in [1.54, 1.807) is 27.5 Å². The Kier molecular flexibility index (Phi) is 7.59. The van der Waals surface area contributed by atoms with E-state index < -0.39 is 0 Å². The quantitative estimate of drug-likeness (QED) is 0.488. The second-order valence-electron chi connectivity index (χ2n) is 5.25. The highest BCUT2D eigenvalue weighted by Crippen LogP contribution is 2.36. The smallest absolute Gasteiger partial charge is 0.175 e. The normalized spacial score (nSPS) is 10.7. The molecule has 26 heavy (non-hydrogen) atoms. The van der Waals surface area contributed by atoms with Crippen molar-refractivity contribution in [3.05, 3.63) is 45.9 Å². The Hall–Kier alpha value is -2.41. The summed E-state index contributed by atoms with van der Waals surface area (Å²) in [4.78, 5) is 0. The largest absolute Gasteiger partial charge is 0.493 e. The average molecular weight is 423 g/mol. The van der Waals surface area contributed by atoms with E-state index in [0.717, 1.165) is 15.6 Å².